The van der Waals surface area contributed by atoms with Gasteiger partial charge in [0.2, 0.25) is 0 Å². The highest BCUT2D eigenvalue weighted by Crippen LogP contribution is 2.16. The largest absolute Gasteiger partial charge is 0.489 e. The summed E-state index contributed by atoms with van der Waals surface area (Å²) < 4.78 is 5.77. The Morgan fingerprint density at radius 2 is 1.73 bits per heavy atom. The molecule has 0 amide bonds. The van der Waals surface area contributed by atoms with Crippen LogP contribution in [0.2, 0.25) is 10.0 Å². The SMILES string of the molecule is Clc1cccc(COc2ccc(/C=N\NCc3ccccc3Cl)cc2)c1. The van der Waals surface area contributed by atoms with Crippen molar-refractivity contribution in [2.75, 3.05) is 0 Å². The van der Waals surface area contributed by atoms with Gasteiger partial charge in [-0.15, -0.1) is 0 Å². The van der Waals surface area contributed by atoms with Gasteiger partial charge in [-0.1, -0.05) is 53.5 Å². The van der Waals surface area contributed by atoms with Crippen LogP contribution >= 0.6 is 23.2 Å². The van der Waals surface area contributed by atoms with Crippen LogP contribution in [-0.4, -0.2) is 6.21 Å². The number of benzene rings is 3. The minimum atomic E-state index is 0.480. The minimum Gasteiger partial charge on any atom is -0.489 e. The summed E-state index contributed by atoms with van der Waals surface area (Å²) >= 11 is 12.1. The van der Waals surface area contributed by atoms with E-state index < -0.39 is 0 Å². The van der Waals surface area contributed by atoms with Gasteiger partial charge in [0.05, 0.1) is 12.8 Å². The van der Waals surface area contributed by atoms with E-state index in [-0.39, 0.29) is 0 Å². The van der Waals surface area contributed by atoms with E-state index in [9.17, 15) is 0 Å². The first-order chi connectivity index (χ1) is 12.7. The van der Waals surface area contributed by atoms with Crippen LogP contribution in [0, 0.1) is 0 Å². The van der Waals surface area contributed by atoms with Crippen LogP contribution in [0.4, 0.5) is 0 Å². The van der Waals surface area contributed by atoms with Gasteiger partial charge in [0.25, 0.3) is 0 Å². The Balaban J connectivity index is 1.48. The maximum absolute atomic E-state index is 6.11. The summed E-state index contributed by atoms with van der Waals surface area (Å²) in [7, 11) is 0. The average molecular weight is 385 g/mol. The van der Waals surface area contributed by atoms with E-state index in [4.69, 9.17) is 27.9 Å². The summed E-state index contributed by atoms with van der Waals surface area (Å²) in [6.45, 7) is 1.06. The Labute approximate surface area is 163 Å². The monoisotopic (exact) mass is 384 g/mol. The van der Waals surface area contributed by atoms with E-state index in [1.54, 1.807) is 6.21 Å². The van der Waals surface area contributed by atoms with Gasteiger partial charge in [0.1, 0.15) is 12.4 Å². The summed E-state index contributed by atoms with van der Waals surface area (Å²) in [4.78, 5) is 0. The fourth-order valence-corrected chi connectivity index (χ4v) is 2.75. The van der Waals surface area contributed by atoms with Gasteiger partial charge in [-0.25, -0.2) is 0 Å². The number of ether oxygens (including phenoxy) is 1. The second-order valence-corrected chi connectivity index (χ2v) is 6.52. The molecule has 0 aliphatic rings. The smallest absolute Gasteiger partial charge is 0.119 e. The lowest BCUT2D eigenvalue weighted by molar-refractivity contribution is 0.306. The lowest BCUT2D eigenvalue weighted by Crippen LogP contribution is -2.05. The zero-order chi connectivity index (χ0) is 18.2. The molecule has 0 unspecified atom stereocenters. The van der Waals surface area contributed by atoms with Crippen LogP contribution in [0.25, 0.3) is 0 Å². The van der Waals surface area contributed by atoms with Crippen molar-refractivity contribution in [2.24, 2.45) is 5.10 Å². The summed E-state index contributed by atoms with van der Waals surface area (Å²) in [5.41, 5.74) is 6.02. The number of hydrogen-bond donors (Lipinski definition) is 1. The maximum Gasteiger partial charge on any atom is 0.119 e. The van der Waals surface area contributed by atoms with Crippen molar-refractivity contribution in [3.8, 4) is 5.75 Å². The van der Waals surface area contributed by atoms with E-state index in [1.165, 1.54) is 0 Å². The number of hydrazone groups is 1. The first-order valence-corrected chi connectivity index (χ1v) is 8.93. The fraction of sp³-hybridized carbons (Fsp3) is 0.0952. The number of nitrogens with one attached hydrogen (secondary N) is 1. The van der Waals surface area contributed by atoms with Gasteiger partial charge in [-0.05, 0) is 59.2 Å². The standard InChI is InChI=1S/C21H18Cl2N2O/c22-19-6-3-4-17(12-19)15-26-20-10-8-16(9-11-20)13-24-25-14-18-5-1-2-7-21(18)23/h1-13,25H,14-15H2/b24-13-. The molecule has 0 spiro atoms. The minimum absolute atomic E-state index is 0.480. The molecule has 3 aromatic carbocycles. The van der Waals surface area contributed by atoms with Crippen LogP contribution in [0.15, 0.2) is 77.9 Å². The Hall–Kier alpha value is -2.49. The third kappa shape index (κ3) is 5.51. The molecule has 0 atom stereocenters. The molecule has 3 rings (SSSR count). The molecule has 132 valence electrons. The Kier molecular flexibility index (Phi) is 6.53. The van der Waals surface area contributed by atoms with Gasteiger partial charge in [-0.2, -0.15) is 5.10 Å². The molecule has 0 heterocycles. The maximum atomic E-state index is 6.11. The van der Waals surface area contributed by atoms with Crippen LogP contribution in [0.1, 0.15) is 16.7 Å². The van der Waals surface area contributed by atoms with Gasteiger partial charge < -0.3 is 10.2 Å². The zero-order valence-corrected chi connectivity index (χ0v) is 15.5. The van der Waals surface area contributed by atoms with Gasteiger partial charge in [0.15, 0.2) is 0 Å². The predicted octanol–water partition coefficient (Wildman–Crippen LogP) is 5.70. The van der Waals surface area contributed by atoms with Crippen molar-refractivity contribution in [1.82, 2.24) is 5.43 Å². The highest BCUT2D eigenvalue weighted by Gasteiger charge is 1.98. The van der Waals surface area contributed by atoms with Crippen molar-refractivity contribution in [2.45, 2.75) is 13.2 Å². The highest BCUT2D eigenvalue weighted by atomic mass is 35.5. The summed E-state index contributed by atoms with van der Waals surface area (Å²) in [6, 6.07) is 23.1. The van der Waals surface area contributed by atoms with Crippen LogP contribution in [-0.2, 0) is 13.2 Å². The summed E-state index contributed by atoms with van der Waals surface area (Å²) in [5, 5.41) is 5.66. The molecule has 26 heavy (non-hydrogen) atoms. The average Bonchev–Trinajstić information content (AvgIpc) is 2.66. The zero-order valence-electron chi connectivity index (χ0n) is 14.0. The van der Waals surface area contributed by atoms with Crippen LogP contribution < -0.4 is 10.2 Å². The summed E-state index contributed by atoms with van der Waals surface area (Å²) in [6.07, 6.45) is 1.76. The molecule has 1 N–H and O–H groups in total. The Morgan fingerprint density at radius 1 is 0.923 bits per heavy atom. The second kappa shape index (κ2) is 9.27. The van der Waals surface area contributed by atoms with E-state index in [1.807, 2.05) is 72.8 Å². The molecule has 3 aromatic rings. The molecule has 5 heteroatoms. The first kappa shape index (κ1) is 18.3. The molecule has 0 radical (unpaired) electrons. The van der Waals surface area contributed by atoms with Crippen LogP contribution in [0.3, 0.4) is 0 Å². The fourth-order valence-electron chi connectivity index (χ4n) is 2.34. The van der Waals surface area contributed by atoms with Crippen molar-refractivity contribution in [3.05, 3.63) is 99.5 Å². The molecule has 0 aliphatic heterocycles. The quantitative estimate of drug-likeness (QED) is 0.418. The summed E-state index contributed by atoms with van der Waals surface area (Å²) in [5.74, 6) is 0.797. The van der Waals surface area contributed by atoms with E-state index in [0.717, 1.165) is 27.5 Å². The highest BCUT2D eigenvalue weighted by molar-refractivity contribution is 6.31. The first-order valence-electron chi connectivity index (χ1n) is 8.17. The third-order valence-corrected chi connectivity index (χ3v) is 4.31. The number of rotatable bonds is 7. The van der Waals surface area contributed by atoms with Gasteiger partial charge in [0, 0.05) is 10.0 Å². The normalized spacial score (nSPS) is 10.8. The molecule has 0 bridgehead atoms. The lowest BCUT2D eigenvalue weighted by atomic mass is 10.2. The predicted molar refractivity (Wildman–Crippen MR) is 108 cm³/mol. The van der Waals surface area contributed by atoms with Crippen molar-refractivity contribution in [3.63, 3.8) is 0 Å². The molecule has 0 aliphatic carbocycles. The topological polar surface area (TPSA) is 33.6 Å². The Bertz CT molecular complexity index is 879. The van der Waals surface area contributed by atoms with Crippen molar-refractivity contribution >= 4 is 29.4 Å². The molecule has 0 aromatic heterocycles. The van der Waals surface area contributed by atoms with Crippen LogP contribution in [0.5, 0.6) is 5.75 Å². The van der Waals surface area contributed by atoms with E-state index >= 15 is 0 Å². The molecule has 0 saturated heterocycles. The van der Waals surface area contributed by atoms with Crippen molar-refractivity contribution in [1.29, 1.82) is 0 Å². The molecule has 0 fully saturated rings. The third-order valence-electron chi connectivity index (χ3n) is 3.71. The number of nitrogens with zero attached hydrogens (tertiary/aromatic N) is 1. The lowest BCUT2D eigenvalue weighted by Gasteiger charge is -2.07. The van der Waals surface area contributed by atoms with Gasteiger partial charge >= 0.3 is 0 Å². The second-order valence-electron chi connectivity index (χ2n) is 5.67. The molecule has 0 saturated carbocycles. The molecular formula is C21H18Cl2N2O. The van der Waals surface area contributed by atoms with E-state index in [2.05, 4.69) is 10.5 Å². The van der Waals surface area contributed by atoms with E-state index in [0.29, 0.717) is 18.2 Å². The number of hydrogen-bond acceptors (Lipinski definition) is 3. The van der Waals surface area contributed by atoms with Crippen molar-refractivity contribution < 1.29 is 4.74 Å². The molecular weight excluding hydrogens is 367 g/mol. The molecule has 3 nitrogen and oxygen atoms in total. The van der Waals surface area contributed by atoms with Gasteiger partial charge in [-0.3, -0.25) is 0 Å². The number of halogens is 2. The Morgan fingerprint density at radius 3 is 2.50 bits per heavy atom.